The Hall–Kier alpha value is -3.99. The van der Waals surface area contributed by atoms with E-state index in [1.807, 2.05) is 0 Å². The monoisotopic (exact) mass is 458 g/mol. The number of nitro benzene ring substituents is 1. The number of imidazole rings is 1. The summed E-state index contributed by atoms with van der Waals surface area (Å²) in [5.41, 5.74) is 0.154. The van der Waals surface area contributed by atoms with E-state index in [-0.39, 0.29) is 36.8 Å². The van der Waals surface area contributed by atoms with E-state index in [4.69, 9.17) is 14.2 Å². The number of halogens is 1. The molecule has 1 amide bonds. The molecule has 0 aliphatic heterocycles. The second-order valence-electron chi connectivity index (χ2n) is 6.93. The molecule has 1 aromatic heterocycles. The van der Waals surface area contributed by atoms with Gasteiger partial charge in [-0.3, -0.25) is 14.9 Å². The molecule has 0 aliphatic carbocycles. The summed E-state index contributed by atoms with van der Waals surface area (Å²) in [6.45, 7) is 2.14. The van der Waals surface area contributed by atoms with Crippen LogP contribution in [0.2, 0.25) is 0 Å². The molecule has 3 rings (SSSR count). The van der Waals surface area contributed by atoms with Gasteiger partial charge < -0.3 is 24.1 Å². The van der Waals surface area contributed by atoms with Gasteiger partial charge in [0.15, 0.2) is 11.5 Å². The summed E-state index contributed by atoms with van der Waals surface area (Å²) < 4.78 is 31.8. The Morgan fingerprint density at radius 2 is 2.00 bits per heavy atom. The van der Waals surface area contributed by atoms with Gasteiger partial charge in [-0.1, -0.05) is 6.07 Å². The van der Waals surface area contributed by atoms with Crippen molar-refractivity contribution in [2.24, 2.45) is 0 Å². The number of aromatic nitrogens is 2. The number of hydrogen-bond acceptors (Lipinski definition) is 7. The Labute approximate surface area is 189 Å². The molecular weight excluding hydrogens is 435 g/mol. The van der Waals surface area contributed by atoms with Gasteiger partial charge >= 0.3 is 0 Å². The van der Waals surface area contributed by atoms with Crippen molar-refractivity contribution in [3.8, 4) is 17.2 Å². The maximum absolute atomic E-state index is 14.6. The Bertz CT molecular complexity index is 1160. The molecule has 0 unspecified atom stereocenters. The van der Waals surface area contributed by atoms with Crippen LogP contribution in [-0.4, -0.2) is 47.8 Å². The van der Waals surface area contributed by atoms with E-state index in [1.54, 1.807) is 36.0 Å². The molecule has 0 radical (unpaired) electrons. The molecule has 0 saturated heterocycles. The molecule has 1 N–H and O–H groups in total. The van der Waals surface area contributed by atoms with Crippen molar-refractivity contribution in [3.63, 3.8) is 0 Å². The summed E-state index contributed by atoms with van der Waals surface area (Å²) >= 11 is 0. The van der Waals surface area contributed by atoms with Crippen LogP contribution in [0.5, 0.6) is 11.5 Å². The van der Waals surface area contributed by atoms with Crippen LogP contribution in [0.3, 0.4) is 0 Å². The number of methoxy groups -OCH3 is 2. The molecule has 0 bridgehead atoms. The third kappa shape index (κ3) is 5.44. The van der Waals surface area contributed by atoms with E-state index in [1.165, 1.54) is 26.4 Å². The number of ether oxygens (including phenoxy) is 3. The molecule has 3 aromatic rings. The average molecular weight is 458 g/mol. The van der Waals surface area contributed by atoms with Gasteiger partial charge in [0.1, 0.15) is 23.8 Å². The first kappa shape index (κ1) is 23.7. The first-order valence-electron chi connectivity index (χ1n) is 9.90. The van der Waals surface area contributed by atoms with Crippen molar-refractivity contribution >= 4 is 11.6 Å². The van der Waals surface area contributed by atoms with E-state index in [2.05, 4.69) is 10.3 Å². The lowest BCUT2D eigenvalue weighted by molar-refractivity contribution is -0.385. The fraction of sp³-hybridized carbons (Fsp3) is 0.273. The largest absolute Gasteiger partial charge is 0.493 e. The smallest absolute Gasteiger partial charge is 0.286 e. The summed E-state index contributed by atoms with van der Waals surface area (Å²) in [5, 5.41) is 14.1. The number of aryl methyl sites for hydroxylation is 1. The van der Waals surface area contributed by atoms with Crippen LogP contribution in [0, 0.1) is 22.9 Å². The number of hydrogen-bond donors (Lipinski definition) is 1. The van der Waals surface area contributed by atoms with Crippen molar-refractivity contribution < 1.29 is 28.3 Å². The number of benzene rings is 2. The fourth-order valence-corrected chi connectivity index (χ4v) is 3.16. The van der Waals surface area contributed by atoms with Crippen molar-refractivity contribution in [1.82, 2.24) is 14.9 Å². The number of carbonyl (C=O) groups excluding carboxylic acids is 1. The van der Waals surface area contributed by atoms with E-state index in [9.17, 15) is 19.3 Å². The predicted octanol–water partition coefficient (Wildman–Crippen LogP) is 3.19. The molecule has 0 aliphatic rings. The molecule has 0 fully saturated rings. The van der Waals surface area contributed by atoms with E-state index < -0.39 is 22.3 Å². The quantitative estimate of drug-likeness (QED) is 0.282. The van der Waals surface area contributed by atoms with Crippen molar-refractivity contribution in [3.05, 3.63) is 75.6 Å². The minimum atomic E-state index is -0.710. The van der Waals surface area contributed by atoms with Crippen LogP contribution in [-0.2, 0) is 11.3 Å². The van der Waals surface area contributed by atoms with Gasteiger partial charge in [0.05, 0.1) is 30.4 Å². The number of rotatable bonds is 10. The third-order valence-corrected chi connectivity index (χ3v) is 4.82. The topological polar surface area (TPSA) is 118 Å². The zero-order valence-electron chi connectivity index (χ0n) is 18.3. The van der Waals surface area contributed by atoms with Gasteiger partial charge in [-0.05, 0) is 24.6 Å². The minimum Gasteiger partial charge on any atom is -0.493 e. The molecule has 11 heteroatoms. The highest BCUT2D eigenvalue weighted by atomic mass is 19.1. The molecule has 33 heavy (non-hydrogen) atoms. The van der Waals surface area contributed by atoms with Crippen molar-refractivity contribution in [2.75, 3.05) is 27.4 Å². The first-order chi connectivity index (χ1) is 15.8. The van der Waals surface area contributed by atoms with Crippen LogP contribution >= 0.6 is 0 Å². The SMILES string of the molecule is COCCOc1cc([N+](=O)[O-])c(C(=O)NCc2ccc(-n3ccnc3C)c(F)c2)cc1OC. The molecule has 2 aromatic carbocycles. The van der Waals surface area contributed by atoms with Crippen LogP contribution in [0.15, 0.2) is 42.7 Å². The maximum atomic E-state index is 14.6. The highest BCUT2D eigenvalue weighted by molar-refractivity contribution is 5.99. The van der Waals surface area contributed by atoms with Crippen LogP contribution in [0.1, 0.15) is 21.7 Å². The molecule has 10 nitrogen and oxygen atoms in total. The third-order valence-electron chi connectivity index (χ3n) is 4.82. The Kier molecular flexibility index (Phi) is 7.57. The molecule has 174 valence electrons. The predicted molar refractivity (Wildman–Crippen MR) is 116 cm³/mol. The van der Waals surface area contributed by atoms with Gasteiger partial charge in [-0.25, -0.2) is 9.37 Å². The van der Waals surface area contributed by atoms with Crippen LogP contribution in [0.4, 0.5) is 10.1 Å². The highest BCUT2D eigenvalue weighted by Gasteiger charge is 2.25. The Morgan fingerprint density at radius 1 is 1.21 bits per heavy atom. The normalized spacial score (nSPS) is 10.7. The lowest BCUT2D eigenvalue weighted by atomic mass is 10.1. The molecular formula is C22H23FN4O6. The number of amides is 1. The number of nitrogens with one attached hydrogen (secondary N) is 1. The average Bonchev–Trinajstić information content (AvgIpc) is 3.22. The number of nitrogens with zero attached hydrogens (tertiary/aromatic N) is 3. The van der Waals surface area contributed by atoms with E-state index in [0.717, 1.165) is 6.07 Å². The van der Waals surface area contributed by atoms with Crippen LogP contribution < -0.4 is 14.8 Å². The van der Waals surface area contributed by atoms with Crippen LogP contribution in [0.25, 0.3) is 5.69 Å². The van der Waals surface area contributed by atoms with E-state index >= 15 is 0 Å². The number of nitro groups is 1. The second-order valence-corrected chi connectivity index (χ2v) is 6.93. The maximum Gasteiger partial charge on any atom is 0.286 e. The Balaban J connectivity index is 1.79. The Morgan fingerprint density at radius 3 is 2.61 bits per heavy atom. The van der Waals surface area contributed by atoms with E-state index in [0.29, 0.717) is 17.1 Å². The molecule has 1 heterocycles. The van der Waals surface area contributed by atoms with Crippen molar-refractivity contribution in [2.45, 2.75) is 13.5 Å². The first-order valence-corrected chi connectivity index (χ1v) is 9.90. The minimum absolute atomic E-state index is 0.0372. The standard InChI is InChI=1S/C22H23FN4O6/c1-14-24-6-7-26(14)18-5-4-15(10-17(18)23)13-25-22(28)16-11-20(32-3)21(33-9-8-31-2)12-19(16)27(29)30/h4-7,10-12H,8-9,13H2,1-3H3,(H,25,28). The second kappa shape index (κ2) is 10.6. The zero-order chi connectivity index (χ0) is 24.0. The highest BCUT2D eigenvalue weighted by Crippen LogP contribution is 2.34. The lowest BCUT2D eigenvalue weighted by Gasteiger charge is -2.13. The summed E-state index contributed by atoms with van der Waals surface area (Å²) in [6, 6.07) is 6.88. The van der Waals surface area contributed by atoms with Gasteiger partial charge in [0.2, 0.25) is 0 Å². The summed E-state index contributed by atoms with van der Waals surface area (Å²) in [6.07, 6.45) is 3.21. The van der Waals surface area contributed by atoms with Crippen molar-refractivity contribution in [1.29, 1.82) is 0 Å². The fourth-order valence-electron chi connectivity index (χ4n) is 3.16. The summed E-state index contributed by atoms with van der Waals surface area (Å²) in [4.78, 5) is 27.7. The van der Waals surface area contributed by atoms with Gasteiger partial charge in [-0.15, -0.1) is 0 Å². The van der Waals surface area contributed by atoms with Gasteiger partial charge in [0, 0.05) is 32.1 Å². The number of carbonyl (C=O) groups is 1. The molecule has 0 atom stereocenters. The molecule has 0 spiro atoms. The van der Waals surface area contributed by atoms with Gasteiger partial charge in [-0.2, -0.15) is 0 Å². The molecule has 0 saturated carbocycles. The summed E-state index contributed by atoms with van der Waals surface area (Å²) in [7, 11) is 2.85. The summed E-state index contributed by atoms with van der Waals surface area (Å²) in [5.74, 6) is -0.296. The lowest BCUT2D eigenvalue weighted by Crippen LogP contribution is -2.24. The zero-order valence-corrected chi connectivity index (χ0v) is 18.3. The van der Waals surface area contributed by atoms with Gasteiger partial charge in [0.25, 0.3) is 11.6 Å².